The van der Waals surface area contributed by atoms with Gasteiger partial charge in [0.15, 0.2) is 11.5 Å². The molecule has 5 rings (SSSR count). The fourth-order valence-electron chi connectivity index (χ4n) is 3.68. The van der Waals surface area contributed by atoms with Gasteiger partial charge >= 0.3 is 0 Å². The van der Waals surface area contributed by atoms with Crippen molar-refractivity contribution >= 4 is 23.1 Å². The lowest BCUT2D eigenvalue weighted by atomic mass is 10.0. The second-order valence-corrected chi connectivity index (χ2v) is 6.39. The quantitative estimate of drug-likeness (QED) is 0.413. The van der Waals surface area contributed by atoms with Gasteiger partial charge in [-0.1, -0.05) is 48.0 Å². The van der Waals surface area contributed by atoms with Crippen molar-refractivity contribution in [1.82, 2.24) is 0 Å². The van der Waals surface area contributed by atoms with E-state index in [1.165, 1.54) is 22.4 Å². The molecule has 0 aromatic heterocycles. The van der Waals surface area contributed by atoms with Crippen LogP contribution in [0.5, 0.6) is 11.5 Å². The molecule has 0 amide bonds. The molecule has 2 heteroatoms. The zero-order chi connectivity index (χ0) is 16.1. The highest BCUT2D eigenvalue weighted by Crippen LogP contribution is 2.51. The van der Waals surface area contributed by atoms with Crippen LogP contribution in [-0.4, -0.2) is 0 Å². The molecule has 0 atom stereocenters. The Morgan fingerprint density at radius 3 is 2.08 bits per heavy atom. The van der Waals surface area contributed by atoms with Crippen LogP contribution in [0.25, 0.3) is 6.08 Å². The van der Waals surface area contributed by atoms with Crippen LogP contribution in [0.1, 0.15) is 18.1 Å². The van der Waals surface area contributed by atoms with Crippen molar-refractivity contribution in [2.45, 2.75) is 13.3 Å². The average molecular weight is 311 g/mol. The molecule has 24 heavy (non-hydrogen) atoms. The number of para-hydroxylation sites is 4. The topological polar surface area (TPSA) is 12.5 Å². The largest absolute Gasteiger partial charge is 0.453 e. The maximum absolute atomic E-state index is 6.11. The Labute approximate surface area is 141 Å². The number of hydrogen-bond acceptors (Lipinski definition) is 2. The van der Waals surface area contributed by atoms with Gasteiger partial charge in [-0.05, 0) is 49.2 Å². The second kappa shape index (κ2) is 5.00. The summed E-state index contributed by atoms with van der Waals surface area (Å²) in [4.78, 5) is 2.32. The van der Waals surface area contributed by atoms with Crippen LogP contribution in [0, 0.1) is 0 Å². The first-order valence-electron chi connectivity index (χ1n) is 8.26. The number of nitrogens with zero attached hydrogens (tertiary/aromatic N) is 1. The zero-order valence-corrected chi connectivity index (χ0v) is 13.5. The highest BCUT2D eigenvalue weighted by molar-refractivity contribution is 5.90. The molecular formula is C22H17NO. The van der Waals surface area contributed by atoms with Crippen LogP contribution in [-0.2, 0) is 6.42 Å². The lowest BCUT2D eigenvalue weighted by Crippen LogP contribution is -2.16. The van der Waals surface area contributed by atoms with Gasteiger partial charge in [-0.25, -0.2) is 0 Å². The molecule has 1 aliphatic heterocycles. The number of ether oxygens (including phenoxy) is 1. The zero-order valence-electron chi connectivity index (χ0n) is 13.5. The van der Waals surface area contributed by atoms with Crippen LogP contribution in [0.2, 0.25) is 0 Å². The van der Waals surface area contributed by atoms with Crippen molar-refractivity contribution in [2.24, 2.45) is 0 Å². The summed E-state index contributed by atoms with van der Waals surface area (Å²) in [6.07, 6.45) is 3.35. The predicted molar refractivity (Wildman–Crippen MR) is 98.6 cm³/mol. The van der Waals surface area contributed by atoms with Gasteiger partial charge in [0.1, 0.15) is 0 Å². The van der Waals surface area contributed by atoms with E-state index in [9.17, 15) is 0 Å². The highest BCUT2D eigenvalue weighted by atomic mass is 16.5. The lowest BCUT2D eigenvalue weighted by Gasteiger charge is -2.33. The van der Waals surface area contributed by atoms with Crippen molar-refractivity contribution in [2.75, 3.05) is 4.90 Å². The second-order valence-electron chi connectivity index (χ2n) is 6.39. The smallest absolute Gasteiger partial charge is 0.151 e. The molecule has 1 aliphatic carbocycles. The van der Waals surface area contributed by atoms with Gasteiger partial charge in [-0.2, -0.15) is 0 Å². The molecule has 2 nitrogen and oxygen atoms in total. The fourth-order valence-corrected chi connectivity index (χ4v) is 3.68. The van der Waals surface area contributed by atoms with Crippen LogP contribution >= 0.6 is 0 Å². The Bertz CT molecular complexity index is 941. The van der Waals surface area contributed by atoms with Crippen LogP contribution in [0.4, 0.5) is 17.1 Å². The molecule has 0 saturated heterocycles. The van der Waals surface area contributed by atoms with Crippen molar-refractivity contribution in [3.63, 3.8) is 0 Å². The maximum Gasteiger partial charge on any atom is 0.151 e. The van der Waals surface area contributed by atoms with E-state index < -0.39 is 0 Å². The first-order chi connectivity index (χ1) is 11.8. The van der Waals surface area contributed by atoms with Crippen LogP contribution in [0.15, 0.2) is 72.3 Å². The third-order valence-corrected chi connectivity index (χ3v) is 4.71. The molecule has 0 unspecified atom stereocenters. The third-order valence-electron chi connectivity index (χ3n) is 4.71. The van der Waals surface area contributed by atoms with E-state index in [0.29, 0.717) is 0 Å². The Morgan fingerprint density at radius 2 is 1.38 bits per heavy atom. The number of rotatable bonds is 1. The molecular weight excluding hydrogens is 294 g/mol. The summed E-state index contributed by atoms with van der Waals surface area (Å²) in [5.74, 6) is 1.79. The summed E-state index contributed by atoms with van der Waals surface area (Å²) in [5, 5.41) is 0. The van der Waals surface area contributed by atoms with E-state index in [0.717, 1.165) is 29.3 Å². The molecule has 1 heterocycles. The summed E-state index contributed by atoms with van der Waals surface area (Å²) in [6.45, 7) is 2.20. The summed E-state index contributed by atoms with van der Waals surface area (Å²) in [6, 6.07) is 23.0. The summed E-state index contributed by atoms with van der Waals surface area (Å²) in [5.41, 5.74) is 7.51. The minimum Gasteiger partial charge on any atom is -0.453 e. The molecule has 0 fully saturated rings. The minimum atomic E-state index is 0.896. The maximum atomic E-state index is 6.11. The first-order valence-corrected chi connectivity index (χ1v) is 8.26. The predicted octanol–water partition coefficient (Wildman–Crippen LogP) is 6.22. The molecule has 116 valence electrons. The number of allylic oxidation sites excluding steroid dienone is 1. The van der Waals surface area contributed by atoms with E-state index in [2.05, 4.69) is 60.4 Å². The SMILES string of the molecule is CC1=Cc2c(cccc2N2c3ccccc3Oc3ccccc32)C1. The van der Waals surface area contributed by atoms with Crippen molar-refractivity contribution < 1.29 is 4.74 Å². The molecule has 3 aromatic carbocycles. The Hall–Kier alpha value is -3.00. The Balaban J connectivity index is 1.80. The third kappa shape index (κ3) is 1.89. The molecule has 3 aromatic rings. The molecule has 0 radical (unpaired) electrons. The number of hydrogen-bond donors (Lipinski definition) is 0. The van der Waals surface area contributed by atoms with Gasteiger partial charge in [0, 0.05) is 5.56 Å². The van der Waals surface area contributed by atoms with Crippen molar-refractivity contribution in [3.8, 4) is 11.5 Å². The lowest BCUT2D eigenvalue weighted by molar-refractivity contribution is 0.477. The fraction of sp³-hybridized carbons (Fsp3) is 0.0909. The summed E-state index contributed by atoms with van der Waals surface area (Å²) < 4.78 is 6.11. The first kappa shape index (κ1) is 13.4. The van der Waals surface area contributed by atoms with Gasteiger partial charge in [-0.15, -0.1) is 0 Å². The summed E-state index contributed by atoms with van der Waals surface area (Å²) >= 11 is 0. The van der Waals surface area contributed by atoms with Crippen LogP contribution in [0.3, 0.4) is 0 Å². The molecule has 2 aliphatic rings. The van der Waals surface area contributed by atoms with E-state index in [4.69, 9.17) is 4.74 Å². The highest BCUT2D eigenvalue weighted by Gasteiger charge is 2.27. The average Bonchev–Trinajstić information content (AvgIpc) is 3.00. The molecule has 0 bridgehead atoms. The monoisotopic (exact) mass is 311 g/mol. The van der Waals surface area contributed by atoms with E-state index in [1.54, 1.807) is 0 Å². The number of anilines is 3. The molecule has 0 spiro atoms. The van der Waals surface area contributed by atoms with Crippen molar-refractivity contribution in [3.05, 3.63) is 83.4 Å². The van der Waals surface area contributed by atoms with Gasteiger partial charge < -0.3 is 9.64 Å². The molecule has 0 saturated carbocycles. The normalized spacial score (nSPS) is 14.4. The molecule has 0 N–H and O–H groups in total. The number of benzene rings is 3. The van der Waals surface area contributed by atoms with E-state index in [1.807, 2.05) is 24.3 Å². The van der Waals surface area contributed by atoms with Gasteiger partial charge in [0.25, 0.3) is 0 Å². The Kier molecular flexibility index (Phi) is 2.80. The summed E-state index contributed by atoms with van der Waals surface area (Å²) in [7, 11) is 0. The van der Waals surface area contributed by atoms with E-state index >= 15 is 0 Å². The minimum absolute atomic E-state index is 0.896. The Morgan fingerprint density at radius 1 is 0.750 bits per heavy atom. The van der Waals surface area contributed by atoms with Gasteiger partial charge in [0.05, 0.1) is 17.1 Å². The standard InChI is InChI=1S/C22H17NO/c1-15-13-16-7-6-10-18(17(16)14-15)23-19-8-2-4-11-21(19)24-22-12-5-3-9-20(22)23/h2-12,14H,13H2,1H3. The van der Waals surface area contributed by atoms with E-state index in [-0.39, 0.29) is 0 Å². The van der Waals surface area contributed by atoms with Crippen LogP contribution < -0.4 is 9.64 Å². The van der Waals surface area contributed by atoms with Gasteiger partial charge in [-0.3, -0.25) is 0 Å². The number of fused-ring (bicyclic) bond motifs is 3. The van der Waals surface area contributed by atoms with Crippen molar-refractivity contribution in [1.29, 1.82) is 0 Å². The van der Waals surface area contributed by atoms with Gasteiger partial charge in [0.2, 0.25) is 0 Å².